The van der Waals surface area contributed by atoms with Gasteiger partial charge in [0.05, 0.1) is 18.9 Å². The Bertz CT molecular complexity index is 670. The zero-order chi connectivity index (χ0) is 15.0. The Kier molecular flexibility index (Phi) is 3.42. The standard InChI is InChI=1S/C12H12N4O4S/c1-20-11(19)7-5-16(4-6(7)10(17)18)12-15-8-9(21-12)14-3-2-13-8/h2-3,6-7H,4-5H2,1H3,(H,17,18)/t6-,7+/m0/s1. The van der Waals surface area contributed by atoms with Crippen molar-refractivity contribution in [3.05, 3.63) is 12.4 Å². The fraction of sp³-hybridized carbons (Fsp3) is 0.417. The maximum Gasteiger partial charge on any atom is 0.311 e. The number of carbonyl (C=O) groups is 2. The number of methoxy groups -OCH3 is 1. The number of carboxylic acids is 1. The van der Waals surface area contributed by atoms with Gasteiger partial charge >= 0.3 is 11.9 Å². The Labute approximate surface area is 123 Å². The molecule has 110 valence electrons. The maximum atomic E-state index is 11.7. The summed E-state index contributed by atoms with van der Waals surface area (Å²) in [6, 6.07) is 0. The minimum Gasteiger partial charge on any atom is -0.481 e. The number of thiazole rings is 1. The zero-order valence-electron chi connectivity index (χ0n) is 11.1. The third-order valence-corrected chi connectivity index (χ3v) is 4.46. The van der Waals surface area contributed by atoms with E-state index in [9.17, 15) is 14.7 Å². The van der Waals surface area contributed by atoms with Gasteiger partial charge in [0.2, 0.25) is 0 Å². The first-order chi connectivity index (χ1) is 10.1. The van der Waals surface area contributed by atoms with Crippen LogP contribution in [0.5, 0.6) is 0 Å². The molecule has 8 nitrogen and oxygen atoms in total. The number of rotatable bonds is 3. The quantitative estimate of drug-likeness (QED) is 0.812. The summed E-state index contributed by atoms with van der Waals surface area (Å²) in [5.41, 5.74) is 0.519. The lowest BCUT2D eigenvalue weighted by Gasteiger charge is -2.13. The van der Waals surface area contributed by atoms with E-state index < -0.39 is 23.8 Å². The summed E-state index contributed by atoms with van der Waals surface area (Å²) in [4.78, 5) is 38.1. The van der Waals surface area contributed by atoms with E-state index >= 15 is 0 Å². The first-order valence-corrected chi connectivity index (χ1v) is 7.05. The molecule has 0 unspecified atom stereocenters. The Morgan fingerprint density at radius 2 is 2.05 bits per heavy atom. The van der Waals surface area contributed by atoms with E-state index in [1.807, 2.05) is 0 Å². The normalized spacial score (nSPS) is 21.7. The van der Waals surface area contributed by atoms with E-state index in [1.54, 1.807) is 17.3 Å². The molecule has 2 aromatic rings. The molecule has 0 amide bonds. The maximum absolute atomic E-state index is 11.7. The van der Waals surface area contributed by atoms with Crippen LogP contribution in [0.15, 0.2) is 12.4 Å². The van der Waals surface area contributed by atoms with E-state index in [0.29, 0.717) is 15.6 Å². The molecule has 0 aromatic carbocycles. The molecule has 0 spiro atoms. The van der Waals surface area contributed by atoms with Crippen LogP contribution in [0.2, 0.25) is 0 Å². The van der Waals surface area contributed by atoms with E-state index in [0.717, 1.165) is 0 Å². The van der Waals surface area contributed by atoms with Crippen LogP contribution in [-0.4, -0.2) is 52.2 Å². The molecule has 2 atom stereocenters. The summed E-state index contributed by atoms with van der Waals surface area (Å²) < 4.78 is 4.69. The minimum atomic E-state index is -1.01. The lowest BCUT2D eigenvalue weighted by Crippen LogP contribution is -2.29. The van der Waals surface area contributed by atoms with Crippen LogP contribution in [0.25, 0.3) is 10.5 Å². The number of aromatic nitrogens is 3. The molecule has 1 aliphatic heterocycles. The van der Waals surface area contributed by atoms with E-state index in [2.05, 4.69) is 19.7 Å². The molecule has 1 saturated heterocycles. The summed E-state index contributed by atoms with van der Waals surface area (Å²) in [6.07, 6.45) is 3.12. The van der Waals surface area contributed by atoms with Gasteiger partial charge in [0.1, 0.15) is 0 Å². The monoisotopic (exact) mass is 308 g/mol. The van der Waals surface area contributed by atoms with Crippen LogP contribution in [0, 0.1) is 11.8 Å². The third-order valence-electron chi connectivity index (χ3n) is 3.45. The SMILES string of the molecule is COC(=O)[C@@H]1CN(c2nc3nccnc3s2)C[C@@H]1C(=O)O. The highest BCUT2D eigenvalue weighted by Crippen LogP contribution is 2.33. The van der Waals surface area contributed by atoms with Crippen molar-refractivity contribution in [2.75, 3.05) is 25.1 Å². The number of nitrogens with zero attached hydrogens (tertiary/aromatic N) is 4. The highest BCUT2D eigenvalue weighted by molar-refractivity contribution is 7.21. The number of esters is 1. The van der Waals surface area contributed by atoms with Gasteiger partial charge in [-0.05, 0) is 0 Å². The first kappa shape index (κ1) is 13.7. The average molecular weight is 308 g/mol. The molecular formula is C12H12N4O4S. The second kappa shape index (κ2) is 5.24. The van der Waals surface area contributed by atoms with Gasteiger partial charge in [-0.2, -0.15) is 4.98 Å². The molecule has 21 heavy (non-hydrogen) atoms. The van der Waals surface area contributed by atoms with E-state index in [-0.39, 0.29) is 13.1 Å². The number of carbonyl (C=O) groups excluding carboxylic acids is 1. The van der Waals surface area contributed by atoms with Crippen molar-refractivity contribution in [1.82, 2.24) is 15.0 Å². The van der Waals surface area contributed by atoms with Crippen molar-refractivity contribution < 1.29 is 19.4 Å². The molecule has 3 rings (SSSR count). The van der Waals surface area contributed by atoms with Crippen molar-refractivity contribution in [2.24, 2.45) is 11.8 Å². The topological polar surface area (TPSA) is 106 Å². The van der Waals surface area contributed by atoms with Gasteiger partial charge in [-0.3, -0.25) is 9.59 Å². The third kappa shape index (κ3) is 2.40. The Balaban J connectivity index is 1.89. The summed E-state index contributed by atoms with van der Waals surface area (Å²) in [7, 11) is 1.26. The molecule has 1 aliphatic rings. The van der Waals surface area contributed by atoms with Crippen molar-refractivity contribution in [3.63, 3.8) is 0 Å². The number of ether oxygens (including phenoxy) is 1. The van der Waals surface area contributed by atoms with Gasteiger partial charge < -0.3 is 14.7 Å². The summed E-state index contributed by atoms with van der Waals surface area (Å²) in [5.74, 6) is -3.02. The Morgan fingerprint density at radius 3 is 2.71 bits per heavy atom. The van der Waals surface area contributed by atoms with Crippen molar-refractivity contribution in [1.29, 1.82) is 0 Å². The lowest BCUT2D eigenvalue weighted by molar-refractivity contribution is -0.153. The molecule has 0 radical (unpaired) electrons. The molecule has 0 saturated carbocycles. The Morgan fingerprint density at radius 1 is 1.33 bits per heavy atom. The fourth-order valence-electron chi connectivity index (χ4n) is 2.40. The van der Waals surface area contributed by atoms with Crippen molar-refractivity contribution >= 4 is 38.9 Å². The molecule has 9 heteroatoms. The average Bonchev–Trinajstić information content (AvgIpc) is 3.09. The van der Waals surface area contributed by atoms with Gasteiger partial charge in [0.25, 0.3) is 0 Å². The summed E-state index contributed by atoms with van der Waals surface area (Å²) in [6.45, 7) is 0.485. The number of hydrogen-bond acceptors (Lipinski definition) is 8. The molecule has 0 bridgehead atoms. The largest absolute Gasteiger partial charge is 0.481 e. The predicted molar refractivity (Wildman–Crippen MR) is 74.1 cm³/mol. The highest BCUT2D eigenvalue weighted by atomic mass is 32.1. The van der Waals surface area contributed by atoms with Gasteiger partial charge in [-0.15, -0.1) is 0 Å². The summed E-state index contributed by atoms with van der Waals surface area (Å²) >= 11 is 1.33. The van der Waals surface area contributed by atoms with Gasteiger partial charge in [-0.25, -0.2) is 9.97 Å². The molecule has 1 fully saturated rings. The predicted octanol–water partition coefficient (Wildman–Crippen LogP) is 0.396. The van der Waals surface area contributed by atoms with Crippen LogP contribution in [-0.2, 0) is 14.3 Å². The molecule has 1 N–H and O–H groups in total. The second-order valence-electron chi connectivity index (χ2n) is 4.66. The number of aliphatic carboxylic acids is 1. The molecule has 2 aromatic heterocycles. The van der Waals surface area contributed by atoms with Crippen LogP contribution in [0.1, 0.15) is 0 Å². The summed E-state index contributed by atoms with van der Waals surface area (Å²) in [5, 5.41) is 9.88. The molecule has 0 aliphatic carbocycles. The van der Waals surface area contributed by atoms with Gasteiger partial charge in [0.15, 0.2) is 15.6 Å². The van der Waals surface area contributed by atoms with Gasteiger partial charge in [0, 0.05) is 25.5 Å². The highest BCUT2D eigenvalue weighted by Gasteiger charge is 2.43. The van der Waals surface area contributed by atoms with Crippen LogP contribution in [0.3, 0.4) is 0 Å². The van der Waals surface area contributed by atoms with Crippen LogP contribution in [0.4, 0.5) is 5.13 Å². The number of anilines is 1. The Hall–Kier alpha value is -2.29. The van der Waals surface area contributed by atoms with E-state index in [1.165, 1.54) is 18.4 Å². The first-order valence-electron chi connectivity index (χ1n) is 6.23. The van der Waals surface area contributed by atoms with Crippen LogP contribution < -0.4 is 4.90 Å². The number of fused-ring (bicyclic) bond motifs is 1. The zero-order valence-corrected chi connectivity index (χ0v) is 11.9. The van der Waals surface area contributed by atoms with E-state index in [4.69, 9.17) is 0 Å². The number of hydrogen-bond donors (Lipinski definition) is 1. The smallest absolute Gasteiger partial charge is 0.311 e. The fourth-order valence-corrected chi connectivity index (χ4v) is 3.29. The number of carboxylic acid groups (broad SMARTS) is 1. The second-order valence-corrected chi connectivity index (χ2v) is 5.62. The molecular weight excluding hydrogens is 296 g/mol. The van der Waals surface area contributed by atoms with Crippen molar-refractivity contribution in [3.8, 4) is 0 Å². The van der Waals surface area contributed by atoms with Crippen LogP contribution >= 0.6 is 11.3 Å². The molecule has 3 heterocycles. The van der Waals surface area contributed by atoms with Crippen molar-refractivity contribution in [2.45, 2.75) is 0 Å². The van der Waals surface area contributed by atoms with Gasteiger partial charge in [-0.1, -0.05) is 11.3 Å². The lowest BCUT2D eigenvalue weighted by atomic mass is 9.97. The minimum absolute atomic E-state index is 0.217.